The van der Waals surface area contributed by atoms with E-state index in [0.717, 1.165) is 10.2 Å². The van der Waals surface area contributed by atoms with Gasteiger partial charge in [0.1, 0.15) is 16.9 Å². The number of aromatic nitrogens is 3. The van der Waals surface area contributed by atoms with E-state index in [1.807, 2.05) is 24.3 Å². The molecule has 0 spiro atoms. The summed E-state index contributed by atoms with van der Waals surface area (Å²) < 4.78 is 0.989. The second-order valence-corrected chi connectivity index (χ2v) is 8.15. The number of nitrogens with one attached hydrogen (secondary N) is 1. The van der Waals surface area contributed by atoms with E-state index < -0.39 is 30.1 Å². The Morgan fingerprint density at radius 1 is 1.24 bits per heavy atom. The average molecular weight is 415 g/mol. The Balaban J connectivity index is 1.80. The van der Waals surface area contributed by atoms with Crippen LogP contribution in [0.15, 0.2) is 24.3 Å². The fourth-order valence-electron chi connectivity index (χ4n) is 3.65. The van der Waals surface area contributed by atoms with Gasteiger partial charge in [0.05, 0.1) is 33.6 Å². The molecule has 10 heteroatoms. The van der Waals surface area contributed by atoms with Gasteiger partial charge < -0.3 is 26.4 Å². The number of anilines is 1. The molecule has 3 aromatic rings. The molecule has 1 aromatic carbocycles. The molecule has 4 rings (SSSR count). The second-order valence-electron chi connectivity index (χ2n) is 7.12. The van der Waals surface area contributed by atoms with Crippen molar-refractivity contribution in [2.75, 3.05) is 11.9 Å². The summed E-state index contributed by atoms with van der Waals surface area (Å²) in [5.41, 5.74) is 7.32. The van der Waals surface area contributed by atoms with Crippen LogP contribution in [0.3, 0.4) is 0 Å². The van der Waals surface area contributed by atoms with E-state index in [-0.39, 0.29) is 12.4 Å². The number of nitrogens with two attached hydrogens (primary N) is 1. The number of aliphatic hydroxyl groups is 3. The number of para-hydroxylation sites is 1. The Morgan fingerprint density at radius 3 is 2.66 bits per heavy atom. The zero-order chi connectivity index (χ0) is 20.7. The number of nitrogens with zero attached hydrogens (tertiary/aromatic N) is 3. The molecule has 152 valence electrons. The molecule has 1 saturated carbocycles. The van der Waals surface area contributed by atoms with E-state index in [1.165, 1.54) is 11.3 Å². The third-order valence-electron chi connectivity index (χ3n) is 5.18. The van der Waals surface area contributed by atoms with Gasteiger partial charge in [0.15, 0.2) is 0 Å². The minimum Gasteiger partial charge on any atom is -0.396 e. The van der Waals surface area contributed by atoms with Gasteiger partial charge in [0, 0.05) is 12.5 Å². The lowest BCUT2D eigenvalue weighted by atomic mass is 10.1. The van der Waals surface area contributed by atoms with E-state index in [9.17, 15) is 20.1 Å². The number of carbonyl (C=O) groups excluding carboxylic acids is 1. The number of hydrogen-bond donors (Lipinski definition) is 5. The fourth-order valence-corrected chi connectivity index (χ4v) is 4.71. The zero-order valence-corrected chi connectivity index (χ0v) is 16.4. The molecule has 0 saturated heterocycles. The number of carbonyl (C=O) groups is 1. The highest BCUT2D eigenvalue weighted by atomic mass is 32.1. The van der Waals surface area contributed by atoms with Crippen LogP contribution in [0.5, 0.6) is 0 Å². The molecule has 6 N–H and O–H groups in total. The first-order valence-electron chi connectivity index (χ1n) is 9.17. The summed E-state index contributed by atoms with van der Waals surface area (Å²) >= 11 is 1.46. The lowest BCUT2D eigenvalue weighted by Gasteiger charge is -2.20. The van der Waals surface area contributed by atoms with E-state index >= 15 is 0 Å². The van der Waals surface area contributed by atoms with Gasteiger partial charge in [-0.25, -0.2) is 15.0 Å². The third-order valence-corrected chi connectivity index (χ3v) is 6.23. The molecule has 1 aliphatic rings. The number of hydrogen-bond acceptors (Lipinski definition) is 9. The van der Waals surface area contributed by atoms with Crippen LogP contribution >= 0.6 is 11.3 Å². The summed E-state index contributed by atoms with van der Waals surface area (Å²) in [5, 5.41) is 33.7. The smallest absolute Gasteiger partial charge is 0.286 e. The molecule has 0 bridgehead atoms. The first-order valence-corrected chi connectivity index (χ1v) is 9.98. The molecule has 29 heavy (non-hydrogen) atoms. The summed E-state index contributed by atoms with van der Waals surface area (Å²) in [7, 11) is 0. The predicted molar refractivity (Wildman–Crippen MR) is 109 cm³/mol. The minimum atomic E-state index is -1.09. The van der Waals surface area contributed by atoms with Gasteiger partial charge in [0.2, 0.25) is 5.82 Å². The Bertz CT molecular complexity index is 1040. The number of primary amides is 1. The first-order chi connectivity index (χ1) is 13.9. The van der Waals surface area contributed by atoms with Crippen LogP contribution in [-0.4, -0.2) is 61.0 Å². The first kappa shape index (κ1) is 19.6. The maximum absolute atomic E-state index is 11.7. The maximum atomic E-state index is 11.7. The van der Waals surface area contributed by atoms with Crippen molar-refractivity contribution in [1.82, 2.24) is 15.0 Å². The monoisotopic (exact) mass is 415 g/mol. The molecule has 1 fully saturated rings. The Labute approximate surface area is 170 Å². The van der Waals surface area contributed by atoms with Gasteiger partial charge in [0.25, 0.3) is 5.91 Å². The van der Waals surface area contributed by atoms with Gasteiger partial charge in [-0.1, -0.05) is 12.1 Å². The van der Waals surface area contributed by atoms with Crippen LogP contribution < -0.4 is 11.1 Å². The van der Waals surface area contributed by atoms with Crippen molar-refractivity contribution in [1.29, 1.82) is 0 Å². The molecule has 2 heterocycles. The van der Waals surface area contributed by atoms with Crippen LogP contribution in [0.4, 0.5) is 5.82 Å². The molecule has 0 radical (unpaired) electrons. The van der Waals surface area contributed by atoms with E-state index in [1.54, 1.807) is 6.92 Å². The minimum absolute atomic E-state index is 0.151. The van der Waals surface area contributed by atoms with Gasteiger partial charge in [-0.15, -0.1) is 11.3 Å². The number of amides is 1. The molecule has 1 amide bonds. The van der Waals surface area contributed by atoms with Crippen molar-refractivity contribution >= 4 is 33.3 Å². The summed E-state index contributed by atoms with van der Waals surface area (Å²) in [4.78, 5) is 24.8. The second kappa shape index (κ2) is 7.64. The van der Waals surface area contributed by atoms with Gasteiger partial charge in [-0.05, 0) is 25.5 Å². The highest BCUT2D eigenvalue weighted by molar-refractivity contribution is 7.21. The van der Waals surface area contributed by atoms with Crippen LogP contribution in [0, 0.1) is 12.8 Å². The SMILES string of the molecule is Cc1nc(C(N)=O)nc(N[C@@H]2C[C@H](CO)[C@@H](O)[C@H]2O)c1-c1nc2ccccc2s1. The lowest BCUT2D eigenvalue weighted by Crippen LogP contribution is -2.36. The fraction of sp³-hybridized carbons (Fsp3) is 0.368. The number of fused-ring (bicyclic) bond motifs is 1. The molecule has 0 aliphatic heterocycles. The highest BCUT2D eigenvalue weighted by Gasteiger charge is 2.41. The molecular formula is C19H21N5O4S. The summed E-state index contributed by atoms with van der Waals surface area (Å²) in [6.07, 6.45) is -1.81. The van der Waals surface area contributed by atoms with Crippen molar-refractivity contribution in [2.24, 2.45) is 11.7 Å². The number of aryl methyl sites for hydroxylation is 1. The van der Waals surface area contributed by atoms with Gasteiger partial charge in [-0.2, -0.15) is 0 Å². The molecule has 0 unspecified atom stereocenters. The molecule has 1 aliphatic carbocycles. The van der Waals surface area contributed by atoms with Crippen molar-refractivity contribution in [3.8, 4) is 10.6 Å². The third kappa shape index (κ3) is 3.55. The summed E-state index contributed by atoms with van der Waals surface area (Å²) in [6.45, 7) is 1.49. The topological polar surface area (TPSA) is 154 Å². The maximum Gasteiger partial charge on any atom is 0.286 e. The highest BCUT2D eigenvalue weighted by Crippen LogP contribution is 2.37. The van der Waals surface area contributed by atoms with Crippen molar-refractivity contribution in [2.45, 2.75) is 31.6 Å². The summed E-state index contributed by atoms with van der Waals surface area (Å²) in [6, 6.07) is 7.12. The van der Waals surface area contributed by atoms with Gasteiger partial charge in [-0.3, -0.25) is 4.79 Å². The average Bonchev–Trinajstić information content (AvgIpc) is 3.23. The van der Waals surface area contributed by atoms with Crippen molar-refractivity contribution in [3.63, 3.8) is 0 Å². The Morgan fingerprint density at radius 2 is 2.00 bits per heavy atom. The molecule has 4 atom stereocenters. The quantitative estimate of drug-likeness (QED) is 0.407. The van der Waals surface area contributed by atoms with Crippen LogP contribution in [-0.2, 0) is 0 Å². The number of rotatable bonds is 5. The normalized spacial score (nSPS) is 24.1. The predicted octanol–water partition coefficient (Wildman–Crippen LogP) is 0.675. The van der Waals surface area contributed by atoms with Crippen molar-refractivity contribution < 1.29 is 20.1 Å². The van der Waals surface area contributed by atoms with Gasteiger partial charge >= 0.3 is 0 Å². The number of benzene rings is 1. The zero-order valence-electron chi connectivity index (χ0n) is 15.6. The van der Waals surface area contributed by atoms with E-state index in [0.29, 0.717) is 28.5 Å². The van der Waals surface area contributed by atoms with E-state index in [4.69, 9.17) is 5.73 Å². The molecule has 9 nitrogen and oxygen atoms in total. The number of thiazole rings is 1. The molecule has 2 aromatic heterocycles. The molecular weight excluding hydrogens is 394 g/mol. The summed E-state index contributed by atoms with van der Waals surface area (Å²) in [5.74, 6) is -1.07. The lowest BCUT2D eigenvalue weighted by molar-refractivity contribution is 0.00445. The Kier molecular flexibility index (Phi) is 5.17. The van der Waals surface area contributed by atoms with Crippen LogP contribution in [0.2, 0.25) is 0 Å². The largest absolute Gasteiger partial charge is 0.396 e. The van der Waals surface area contributed by atoms with Crippen LogP contribution in [0.1, 0.15) is 22.7 Å². The Hall–Kier alpha value is -2.66. The van der Waals surface area contributed by atoms with Crippen molar-refractivity contribution in [3.05, 3.63) is 35.8 Å². The standard InChI is InChI=1S/C19H21N5O4S/c1-8-13(19-23-10-4-2-3-5-12(10)29-19)17(24-18(21-8)16(20)28)22-11-6-9(7-25)14(26)15(11)27/h2-5,9,11,14-15,25-27H,6-7H2,1H3,(H2,20,28)(H,21,22,24)/t9-,11-,14-,15+/m1/s1. The van der Waals surface area contributed by atoms with E-state index in [2.05, 4.69) is 20.3 Å². The number of aliphatic hydroxyl groups excluding tert-OH is 3. The van der Waals surface area contributed by atoms with Crippen LogP contribution in [0.25, 0.3) is 20.8 Å².